The minimum atomic E-state index is -0.571. The average molecular weight is 418 g/mol. The van der Waals surface area contributed by atoms with Crippen molar-refractivity contribution in [2.24, 2.45) is 0 Å². The number of benzene rings is 1. The predicted molar refractivity (Wildman–Crippen MR) is 112 cm³/mol. The van der Waals surface area contributed by atoms with E-state index < -0.39 is 6.04 Å². The van der Waals surface area contributed by atoms with Gasteiger partial charge in [0.15, 0.2) is 0 Å². The van der Waals surface area contributed by atoms with Crippen LogP contribution in [-0.4, -0.2) is 49.5 Å². The zero-order chi connectivity index (χ0) is 18.1. The molecule has 0 radical (unpaired) electrons. The molecule has 26 heavy (non-hydrogen) atoms. The van der Waals surface area contributed by atoms with Crippen LogP contribution >= 0.6 is 35.8 Å². The van der Waals surface area contributed by atoms with Crippen LogP contribution < -0.4 is 16.0 Å². The zero-order valence-corrected chi connectivity index (χ0v) is 17.1. The van der Waals surface area contributed by atoms with Gasteiger partial charge in [0.2, 0.25) is 5.91 Å². The van der Waals surface area contributed by atoms with Crippen LogP contribution in [0.5, 0.6) is 0 Å². The molecule has 1 heterocycles. The second-order valence-corrected chi connectivity index (χ2v) is 7.21. The fourth-order valence-corrected chi connectivity index (χ4v) is 3.23. The molecular formula is C18H25Cl2N3O2S. The van der Waals surface area contributed by atoms with Crippen molar-refractivity contribution in [1.82, 2.24) is 16.0 Å². The number of hydrogen-bond donors (Lipinski definition) is 3. The van der Waals surface area contributed by atoms with Crippen molar-refractivity contribution in [3.8, 4) is 0 Å². The summed E-state index contributed by atoms with van der Waals surface area (Å²) in [5.41, 5.74) is 1.60. The van der Waals surface area contributed by atoms with E-state index >= 15 is 0 Å². The molecule has 144 valence electrons. The maximum absolute atomic E-state index is 12.5. The number of rotatable bonds is 8. The fourth-order valence-electron chi connectivity index (χ4n) is 2.54. The van der Waals surface area contributed by atoms with Crippen LogP contribution in [-0.2, 0) is 4.79 Å². The number of nitrogens with one attached hydrogen (secondary N) is 3. The lowest BCUT2D eigenvalue weighted by Gasteiger charge is -2.20. The van der Waals surface area contributed by atoms with Gasteiger partial charge in [-0.2, -0.15) is 11.8 Å². The molecular weight excluding hydrogens is 393 g/mol. The molecule has 0 spiro atoms. The first kappa shape index (κ1) is 22.8. The second-order valence-electron chi connectivity index (χ2n) is 5.82. The number of hydrogen-bond acceptors (Lipinski definition) is 4. The molecule has 1 aromatic carbocycles. The number of carbonyl (C=O) groups is 2. The van der Waals surface area contributed by atoms with Gasteiger partial charge in [-0.25, -0.2) is 0 Å². The van der Waals surface area contributed by atoms with Crippen LogP contribution in [0.15, 0.2) is 35.9 Å². The molecule has 0 aromatic heterocycles. The lowest BCUT2D eigenvalue weighted by atomic mass is 10.1. The summed E-state index contributed by atoms with van der Waals surface area (Å²) in [7, 11) is 0. The van der Waals surface area contributed by atoms with Gasteiger partial charge in [-0.1, -0.05) is 35.4 Å². The van der Waals surface area contributed by atoms with Crippen molar-refractivity contribution in [2.75, 3.05) is 31.6 Å². The molecule has 1 aliphatic heterocycles. The summed E-state index contributed by atoms with van der Waals surface area (Å²) in [6, 6.07) is 6.27. The molecule has 8 heteroatoms. The smallest absolute Gasteiger partial charge is 0.253 e. The first-order valence-corrected chi connectivity index (χ1v) is 10.1. The Morgan fingerprint density at radius 3 is 2.77 bits per heavy atom. The highest BCUT2D eigenvalue weighted by molar-refractivity contribution is 7.98. The summed E-state index contributed by atoms with van der Waals surface area (Å²) in [6.07, 6.45) is 5.58. The van der Waals surface area contributed by atoms with E-state index in [2.05, 4.69) is 22.0 Å². The highest BCUT2D eigenvalue weighted by Gasteiger charge is 2.22. The van der Waals surface area contributed by atoms with Crippen molar-refractivity contribution >= 4 is 47.6 Å². The Labute approximate surface area is 170 Å². The van der Waals surface area contributed by atoms with Crippen molar-refractivity contribution in [3.63, 3.8) is 0 Å². The summed E-state index contributed by atoms with van der Waals surface area (Å²) < 4.78 is 0. The number of halogens is 2. The monoisotopic (exact) mass is 417 g/mol. The van der Waals surface area contributed by atoms with Gasteiger partial charge in [0.05, 0.1) is 10.6 Å². The lowest BCUT2D eigenvalue weighted by molar-refractivity contribution is -0.122. The van der Waals surface area contributed by atoms with E-state index in [0.717, 1.165) is 25.3 Å². The van der Waals surface area contributed by atoms with Gasteiger partial charge >= 0.3 is 0 Å². The Kier molecular flexibility index (Phi) is 10.7. The van der Waals surface area contributed by atoms with E-state index in [1.54, 1.807) is 36.0 Å². The maximum atomic E-state index is 12.5. The average Bonchev–Trinajstić information content (AvgIpc) is 2.64. The van der Waals surface area contributed by atoms with Gasteiger partial charge in [-0.3, -0.25) is 9.59 Å². The minimum absolute atomic E-state index is 0. The Morgan fingerprint density at radius 2 is 2.12 bits per heavy atom. The molecule has 1 atom stereocenters. The fraction of sp³-hybridized carbons (Fsp3) is 0.444. The molecule has 2 amide bonds. The third-order valence-corrected chi connectivity index (χ3v) is 4.97. The Balaban J connectivity index is 0.00000338. The third kappa shape index (κ3) is 7.19. The second kappa shape index (κ2) is 12.2. The van der Waals surface area contributed by atoms with E-state index in [1.807, 2.05) is 6.26 Å². The largest absolute Gasteiger partial charge is 0.351 e. The third-order valence-electron chi connectivity index (χ3n) is 4.00. The summed E-state index contributed by atoms with van der Waals surface area (Å²) in [6.45, 7) is 2.30. The first-order chi connectivity index (χ1) is 12.1. The highest BCUT2D eigenvalue weighted by atomic mass is 35.5. The van der Waals surface area contributed by atoms with Crippen molar-refractivity contribution < 1.29 is 9.59 Å². The van der Waals surface area contributed by atoms with Crippen LogP contribution in [0.2, 0.25) is 5.02 Å². The number of carbonyl (C=O) groups excluding carboxylic acids is 2. The molecule has 0 saturated carbocycles. The number of thioether (sulfide) groups is 1. The molecule has 2 rings (SSSR count). The zero-order valence-electron chi connectivity index (χ0n) is 14.7. The first-order valence-electron chi connectivity index (χ1n) is 8.32. The van der Waals surface area contributed by atoms with Crippen LogP contribution in [0.4, 0.5) is 0 Å². The molecule has 1 unspecified atom stereocenters. The van der Waals surface area contributed by atoms with Gasteiger partial charge in [0.1, 0.15) is 6.04 Å². The van der Waals surface area contributed by atoms with E-state index in [4.69, 9.17) is 11.6 Å². The van der Waals surface area contributed by atoms with Gasteiger partial charge in [-0.05, 0) is 43.5 Å². The van der Waals surface area contributed by atoms with Gasteiger partial charge in [0, 0.05) is 13.1 Å². The van der Waals surface area contributed by atoms with Crippen LogP contribution in [0.25, 0.3) is 0 Å². The van der Waals surface area contributed by atoms with E-state index in [9.17, 15) is 9.59 Å². The van der Waals surface area contributed by atoms with Gasteiger partial charge in [0.25, 0.3) is 5.91 Å². The van der Waals surface area contributed by atoms with E-state index in [0.29, 0.717) is 23.6 Å². The van der Waals surface area contributed by atoms with Gasteiger partial charge in [-0.15, -0.1) is 12.4 Å². The molecule has 0 bridgehead atoms. The summed E-state index contributed by atoms with van der Waals surface area (Å²) >= 11 is 7.71. The quantitative estimate of drug-likeness (QED) is 0.568. The maximum Gasteiger partial charge on any atom is 0.253 e. The normalized spacial score (nSPS) is 14.6. The predicted octanol–water partition coefficient (Wildman–Crippen LogP) is 2.65. The molecule has 0 saturated heterocycles. The van der Waals surface area contributed by atoms with Gasteiger partial charge < -0.3 is 16.0 Å². The van der Waals surface area contributed by atoms with Crippen LogP contribution in [0.3, 0.4) is 0 Å². The van der Waals surface area contributed by atoms with Crippen LogP contribution in [0, 0.1) is 0 Å². The molecule has 3 N–H and O–H groups in total. The molecule has 5 nitrogen and oxygen atoms in total. The Hall–Kier alpha value is -1.21. The summed E-state index contributed by atoms with van der Waals surface area (Å²) in [5, 5.41) is 9.38. The molecule has 0 aliphatic carbocycles. The SMILES string of the molecule is CSCCC(NC(=O)c1ccccc1Cl)C(=O)NCC1=CCNCC1.Cl. The Bertz CT molecular complexity index is 641. The number of amides is 2. The molecule has 0 fully saturated rings. The Morgan fingerprint density at radius 1 is 1.35 bits per heavy atom. The van der Waals surface area contributed by atoms with Crippen LogP contribution in [0.1, 0.15) is 23.2 Å². The minimum Gasteiger partial charge on any atom is -0.351 e. The van der Waals surface area contributed by atoms with Crippen molar-refractivity contribution in [1.29, 1.82) is 0 Å². The van der Waals surface area contributed by atoms with Crippen molar-refractivity contribution in [3.05, 3.63) is 46.5 Å². The highest BCUT2D eigenvalue weighted by Crippen LogP contribution is 2.15. The van der Waals surface area contributed by atoms with E-state index in [-0.39, 0.29) is 24.2 Å². The molecule has 1 aromatic rings. The van der Waals surface area contributed by atoms with E-state index in [1.165, 1.54) is 5.57 Å². The standard InChI is InChI=1S/C18H24ClN3O2S.ClH/c1-25-11-8-16(18(24)21-12-13-6-9-20-10-7-13)22-17(23)14-4-2-3-5-15(14)19;/h2-6,16,20H,7-12H2,1H3,(H,21,24)(H,22,23);1H. The summed E-state index contributed by atoms with van der Waals surface area (Å²) in [4.78, 5) is 25.0. The topological polar surface area (TPSA) is 70.2 Å². The lowest BCUT2D eigenvalue weighted by Crippen LogP contribution is -2.47. The molecule has 1 aliphatic rings. The van der Waals surface area contributed by atoms with Crippen molar-refractivity contribution in [2.45, 2.75) is 18.9 Å². The summed E-state index contributed by atoms with van der Waals surface area (Å²) in [5.74, 6) is 0.301.